The van der Waals surface area contributed by atoms with Crippen molar-refractivity contribution >= 4 is 21.2 Å². The minimum Gasteiger partial charge on any atom is -0.321 e. The smallest absolute Gasteiger partial charge is 0.175 e. The minimum absolute atomic E-state index is 0.185. The number of sulfone groups is 1. The molecule has 0 radical (unpaired) electrons. The quantitative estimate of drug-likeness (QED) is 0.403. The van der Waals surface area contributed by atoms with Crippen LogP contribution in [0.5, 0.6) is 0 Å². The summed E-state index contributed by atoms with van der Waals surface area (Å²) in [4.78, 5) is 6.38. The summed E-state index contributed by atoms with van der Waals surface area (Å²) in [7, 11) is -3.23. The Balaban J connectivity index is 1.58. The highest BCUT2D eigenvalue weighted by molar-refractivity contribution is 7.90. The van der Waals surface area contributed by atoms with Crippen molar-refractivity contribution in [3.05, 3.63) is 84.4 Å². The van der Waals surface area contributed by atoms with Crippen LogP contribution in [0.15, 0.2) is 83.8 Å². The topological polar surface area (TPSA) is 73.0 Å². The second-order valence-corrected chi connectivity index (χ2v) is 11.5. The van der Waals surface area contributed by atoms with Gasteiger partial charge in [-0.25, -0.2) is 13.4 Å². The number of benzene rings is 3. The summed E-state index contributed by atoms with van der Waals surface area (Å²) < 4.78 is 23.6. The van der Waals surface area contributed by atoms with Crippen molar-refractivity contribution < 1.29 is 8.42 Å². The van der Waals surface area contributed by atoms with E-state index in [4.69, 9.17) is 10.7 Å². The normalized spacial score (nSPS) is 15.3. The number of nitrogens with zero attached hydrogens (tertiary/aromatic N) is 1. The monoisotopic (exact) mass is 460 g/mol. The Labute approximate surface area is 192 Å². The zero-order valence-electron chi connectivity index (χ0n) is 17.8. The predicted molar refractivity (Wildman–Crippen MR) is 131 cm³/mol. The van der Waals surface area contributed by atoms with Gasteiger partial charge >= 0.3 is 0 Å². The van der Waals surface area contributed by atoms with Crippen LogP contribution in [0.1, 0.15) is 24.8 Å². The van der Waals surface area contributed by atoms with Crippen molar-refractivity contribution in [2.24, 2.45) is 5.73 Å². The molecule has 1 aromatic heterocycles. The molecule has 0 spiro atoms. The van der Waals surface area contributed by atoms with Gasteiger partial charge in [-0.2, -0.15) is 0 Å². The van der Waals surface area contributed by atoms with Crippen molar-refractivity contribution in [1.82, 2.24) is 4.98 Å². The number of hydrogen-bond donors (Lipinski definition) is 1. The molecular weight excluding hydrogens is 436 g/mol. The highest BCUT2D eigenvalue weighted by Gasteiger charge is 2.34. The van der Waals surface area contributed by atoms with Gasteiger partial charge in [0.05, 0.1) is 15.5 Å². The Hall–Kier alpha value is -2.80. The highest BCUT2D eigenvalue weighted by atomic mass is 32.2. The van der Waals surface area contributed by atoms with Gasteiger partial charge in [-0.15, -0.1) is 11.3 Å². The van der Waals surface area contributed by atoms with E-state index >= 15 is 0 Å². The van der Waals surface area contributed by atoms with Crippen LogP contribution in [0.4, 0.5) is 0 Å². The first kappa shape index (κ1) is 21.1. The molecule has 1 saturated carbocycles. The Morgan fingerprint density at radius 3 is 2.03 bits per heavy atom. The second kappa shape index (κ2) is 7.96. The number of hydrogen-bond acceptors (Lipinski definition) is 5. The van der Waals surface area contributed by atoms with Gasteiger partial charge in [-0.05, 0) is 42.5 Å². The first-order valence-corrected chi connectivity index (χ1v) is 13.3. The third-order valence-corrected chi connectivity index (χ3v) is 8.45. The maximum atomic E-state index is 11.8. The zero-order valence-corrected chi connectivity index (χ0v) is 19.4. The fourth-order valence-electron chi connectivity index (χ4n) is 4.08. The molecule has 6 heteroatoms. The van der Waals surface area contributed by atoms with Gasteiger partial charge in [0.25, 0.3) is 0 Å². The summed E-state index contributed by atoms with van der Waals surface area (Å²) in [6.45, 7) is 0. The Kier molecular flexibility index (Phi) is 5.24. The van der Waals surface area contributed by atoms with E-state index in [9.17, 15) is 8.42 Å². The van der Waals surface area contributed by atoms with Gasteiger partial charge in [-0.1, -0.05) is 66.7 Å². The van der Waals surface area contributed by atoms with Crippen LogP contribution in [-0.2, 0) is 15.4 Å². The van der Waals surface area contributed by atoms with Gasteiger partial charge in [0.15, 0.2) is 9.84 Å². The van der Waals surface area contributed by atoms with E-state index in [2.05, 4.69) is 36.4 Å². The molecule has 1 heterocycles. The predicted octanol–water partition coefficient (Wildman–Crippen LogP) is 5.89. The average molecular weight is 461 g/mol. The van der Waals surface area contributed by atoms with Crippen molar-refractivity contribution in [3.8, 4) is 32.3 Å². The lowest BCUT2D eigenvalue weighted by Crippen LogP contribution is -2.43. The first-order chi connectivity index (χ1) is 15.3. The van der Waals surface area contributed by atoms with E-state index in [1.165, 1.54) is 18.2 Å². The number of nitrogens with two attached hydrogens (primary N) is 1. The molecule has 32 heavy (non-hydrogen) atoms. The molecule has 0 amide bonds. The van der Waals surface area contributed by atoms with E-state index in [-0.39, 0.29) is 5.54 Å². The zero-order chi connectivity index (χ0) is 22.3. The van der Waals surface area contributed by atoms with Crippen LogP contribution >= 0.6 is 11.3 Å². The highest BCUT2D eigenvalue weighted by Crippen LogP contribution is 2.42. The molecule has 1 aliphatic carbocycles. The molecule has 5 rings (SSSR count). The summed E-state index contributed by atoms with van der Waals surface area (Å²) in [6, 6.07) is 25.6. The maximum Gasteiger partial charge on any atom is 0.175 e. The fraction of sp³-hybridized carbons (Fsp3) is 0.192. The van der Waals surface area contributed by atoms with Gasteiger partial charge in [0, 0.05) is 22.9 Å². The molecule has 3 aromatic carbocycles. The van der Waals surface area contributed by atoms with Crippen LogP contribution in [0.2, 0.25) is 0 Å². The summed E-state index contributed by atoms with van der Waals surface area (Å²) in [5.74, 6) is 0. The average Bonchev–Trinajstić information content (AvgIpc) is 3.23. The number of rotatable bonds is 5. The van der Waals surface area contributed by atoms with E-state index < -0.39 is 9.84 Å². The third kappa shape index (κ3) is 3.90. The molecule has 0 unspecified atom stereocenters. The van der Waals surface area contributed by atoms with Gasteiger partial charge in [-0.3, -0.25) is 0 Å². The molecule has 4 nitrogen and oxygen atoms in total. The summed E-state index contributed by atoms with van der Waals surface area (Å²) >= 11 is 1.61. The molecule has 162 valence electrons. The van der Waals surface area contributed by atoms with Crippen LogP contribution in [0.3, 0.4) is 0 Å². The summed E-state index contributed by atoms with van der Waals surface area (Å²) in [6.07, 6.45) is 4.47. The molecule has 0 saturated heterocycles. The third-order valence-electron chi connectivity index (χ3n) is 6.17. The Morgan fingerprint density at radius 1 is 0.844 bits per heavy atom. The van der Waals surface area contributed by atoms with E-state index in [1.807, 2.05) is 30.3 Å². The van der Waals surface area contributed by atoms with E-state index in [1.54, 1.807) is 23.5 Å². The minimum atomic E-state index is -3.23. The largest absolute Gasteiger partial charge is 0.321 e. The van der Waals surface area contributed by atoms with Gasteiger partial charge < -0.3 is 5.73 Å². The molecule has 0 bridgehead atoms. The Morgan fingerprint density at radius 2 is 1.47 bits per heavy atom. The van der Waals surface area contributed by atoms with Gasteiger partial charge in [0.2, 0.25) is 0 Å². The maximum absolute atomic E-state index is 11.8. The van der Waals surface area contributed by atoms with Gasteiger partial charge in [0.1, 0.15) is 5.01 Å². The van der Waals surface area contributed by atoms with Crippen LogP contribution in [0, 0.1) is 0 Å². The molecular formula is C26H24N2O2S2. The van der Waals surface area contributed by atoms with Crippen molar-refractivity contribution in [2.45, 2.75) is 29.7 Å². The van der Waals surface area contributed by atoms with Crippen LogP contribution in [-0.4, -0.2) is 19.7 Å². The lowest BCUT2D eigenvalue weighted by molar-refractivity contribution is 0.253. The van der Waals surface area contributed by atoms with Crippen LogP contribution < -0.4 is 5.73 Å². The van der Waals surface area contributed by atoms with Crippen LogP contribution in [0.25, 0.3) is 32.3 Å². The van der Waals surface area contributed by atoms with Crippen molar-refractivity contribution in [1.29, 1.82) is 0 Å². The van der Waals surface area contributed by atoms with E-state index in [0.29, 0.717) is 4.90 Å². The lowest BCUT2D eigenvalue weighted by Gasteiger charge is -2.38. The molecule has 1 fully saturated rings. The summed E-state index contributed by atoms with van der Waals surface area (Å²) in [5.41, 5.74) is 11.5. The van der Waals surface area contributed by atoms with Crippen molar-refractivity contribution in [2.75, 3.05) is 6.26 Å². The first-order valence-electron chi connectivity index (χ1n) is 10.6. The van der Waals surface area contributed by atoms with Crippen molar-refractivity contribution in [3.63, 3.8) is 0 Å². The second-order valence-electron chi connectivity index (χ2n) is 8.45. The molecule has 2 N–H and O–H groups in total. The Bertz CT molecular complexity index is 1350. The SMILES string of the molecule is CS(=O)(=O)c1ccc(-c2nc(-c3ccc(C4(N)CCC4)cc3)c(-c3ccccc3)s2)cc1. The molecule has 0 aliphatic heterocycles. The summed E-state index contributed by atoms with van der Waals surface area (Å²) in [5, 5.41) is 0.859. The molecule has 1 aliphatic rings. The fourth-order valence-corrected chi connectivity index (χ4v) is 5.80. The molecule has 4 aromatic rings. The number of aromatic nitrogens is 1. The number of thiazole rings is 1. The molecule has 0 atom stereocenters. The van der Waals surface area contributed by atoms with E-state index in [0.717, 1.165) is 45.1 Å². The lowest BCUT2D eigenvalue weighted by atomic mass is 9.72. The standard InChI is InChI=1S/C26H24N2O2S2/c1-32(29,30)22-14-10-20(11-15-22)25-28-23(24(31-25)19-6-3-2-4-7-19)18-8-12-21(13-9-18)26(27)16-5-17-26/h2-4,6-15H,5,16-17,27H2,1H3.